The fourth-order valence-corrected chi connectivity index (χ4v) is 2.82. The number of rotatable bonds is 3. The van der Waals surface area contributed by atoms with Gasteiger partial charge in [-0.15, -0.1) is 0 Å². The lowest BCUT2D eigenvalue weighted by molar-refractivity contribution is 0.686. The molecule has 100 valence electrons. The van der Waals surface area contributed by atoms with Crippen molar-refractivity contribution in [3.63, 3.8) is 0 Å². The summed E-state index contributed by atoms with van der Waals surface area (Å²) in [5.41, 5.74) is 11.2. The van der Waals surface area contributed by atoms with E-state index in [-0.39, 0.29) is 6.04 Å². The molecule has 0 aliphatic heterocycles. The molecule has 1 aromatic carbocycles. The number of H-pyrrole nitrogens is 1. The summed E-state index contributed by atoms with van der Waals surface area (Å²) >= 11 is 0. The quantitative estimate of drug-likeness (QED) is 0.886. The molecule has 0 saturated carbocycles. The van der Waals surface area contributed by atoms with E-state index in [0.717, 1.165) is 17.9 Å². The average Bonchev–Trinajstić information content (AvgIpc) is 2.86. The Morgan fingerprint density at radius 2 is 2.05 bits per heavy atom. The van der Waals surface area contributed by atoms with Crippen molar-refractivity contribution >= 4 is 0 Å². The van der Waals surface area contributed by atoms with Crippen molar-refractivity contribution < 1.29 is 0 Å². The van der Waals surface area contributed by atoms with E-state index in [1.165, 1.54) is 42.4 Å². The molecule has 2 aromatic rings. The van der Waals surface area contributed by atoms with E-state index >= 15 is 0 Å². The third kappa shape index (κ3) is 2.71. The van der Waals surface area contributed by atoms with Crippen molar-refractivity contribution in [2.75, 3.05) is 0 Å². The second-order valence-corrected chi connectivity index (χ2v) is 5.62. The highest BCUT2D eigenvalue weighted by atomic mass is 14.9. The van der Waals surface area contributed by atoms with Crippen LogP contribution in [0.25, 0.3) is 11.3 Å². The first kappa shape index (κ1) is 12.4. The number of aryl methyl sites for hydroxylation is 2. The molecule has 0 fully saturated rings. The van der Waals surface area contributed by atoms with E-state index in [1.54, 1.807) is 0 Å². The first-order valence-corrected chi connectivity index (χ1v) is 7.14. The van der Waals surface area contributed by atoms with Crippen molar-refractivity contribution in [3.05, 3.63) is 41.3 Å². The van der Waals surface area contributed by atoms with Crippen LogP contribution in [0, 0.1) is 0 Å². The van der Waals surface area contributed by atoms with E-state index in [2.05, 4.69) is 28.2 Å². The molecular formula is C16H21N3. The second-order valence-electron chi connectivity index (χ2n) is 5.62. The molecule has 1 heterocycles. The third-order valence-corrected chi connectivity index (χ3v) is 3.80. The van der Waals surface area contributed by atoms with Gasteiger partial charge in [0.05, 0.1) is 11.9 Å². The molecule has 19 heavy (non-hydrogen) atoms. The van der Waals surface area contributed by atoms with Gasteiger partial charge in [0.25, 0.3) is 0 Å². The summed E-state index contributed by atoms with van der Waals surface area (Å²) in [6, 6.07) is 6.93. The zero-order valence-electron chi connectivity index (χ0n) is 11.4. The van der Waals surface area contributed by atoms with Crippen LogP contribution in [0.15, 0.2) is 24.4 Å². The van der Waals surface area contributed by atoms with Gasteiger partial charge in [0.2, 0.25) is 0 Å². The average molecular weight is 255 g/mol. The van der Waals surface area contributed by atoms with Crippen LogP contribution in [0.3, 0.4) is 0 Å². The number of nitrogens with two attached hydrogens (primary N) is 1. The van der Waals surface area contributed by atoms with Crippen molar-refractivity contribution in [3.8, 4) is 11.3 Å². The van der Waals surface area contributed by atoms with Gasteiger partial charge in [-0.1, -0.05) is 12.1 Å². The number of hydrogen-bond acceptors (Lipinski definition) is 2. The highest BCUT2D eigenvalue weighted by Crippen LogP contribution is 2.26. The molecule has 1 atom stereocenters. The Morgan fingerprint density at radius 3 is 2.84 bits per heavy atom. The largest absolute Gasteiger partial charge is 0.342 e. The van der Waals surface area contributed by atoms with Gasteiger partial charge >= 0.3 is 0 Å². The van der Waals surface area contributed by atoms with Crippen LogP contribution < -0.4 is 5.73 Å². The smallest absolute Gasteiger partial charge is 0.108 e. The highest BCUT2D eigenvalue weighted by molar-refractivity contribution is 5.60. The maximum absolute atomic E-state index is 5.80. The highest BCUT2D eigenvalue weighted by Gasteiger charge is 2.11. The minimum atomic E-state index is 0.141. The van der Waals surface area contributed by atoms with Crippen LogP contribution in [0.1, 0.15) is 36.7 Å². The number of hydrogen-bond donors (Lipinski definition) is 2. The summed E-state index contributed by atoms with van der Waals surface area (Å²) in [5.74, 6) is 0.975. The Labute approximate surface area is 114 Å². The Morgan fingerprint density at radius 1 is 1.26 bits per heavy atom. The second kappa shape index (κ2) is 5.17. The molecule has 0 radical (unpaired) electrons. The van der Waals surface area contributed by atoms with Gasteiger partial charge in [-0.2, -0.15) is 0 Å². The summed E-state index contributed by atoms with van der Waals surface area (Å²) < 4.78 is 0. The molecule has 1 unspecified atom stereocenters. The molecule has 1 aliphatic rings. The van der Waals surface area contributed by atoms with Gasteiger partial charge in [-0.3, -0.25) is 0 Å². The minimum Gasteiger partial charge on any atom is -0.342 e. The first-order valence-electron chi connectivity index (χ1n) is 7.14. The lowest BCUT2D eigenvalue weighted by Gasteiger charge is -2.16. The molecule has 3 rings (SSSR count). The topological polar surface area (TPSA) is 54.7 Å². The lowest BCUT2D eigenvalue weighted by atomic mass is 9.90. The van der Waals surface area contributed by atoms with Crippen molar-refractivity contribution in [2.45, 2.75) is 45.1 Å². The van der Waals surface area contributed by atoms with Crippen molar-refractivity contribution in [1.82, 2.24) is 9.97 Å². The zero-order valence-corrected chi connectivity index (χ0v) is 11.4. The van der Waals surface area contributed by atoms with Crippen LogP contribution in [-0.4, -0.2) is 16.0 Å². The first-order chi connectivity index (χ1) is 9.22. The number of benzene rings is 1. The number of imidazole rings is 1. The summed E-state index contributed by atoms with van der Waals surface area (Å²) in [6.45, 7) is 2.00. The minimum absolute atomic E-state index is 0.141. The van der Waals surface area contributed by atoms with Gasteiger partial charge in [0.1, 0.15) is 5.82 Å². The fourth-order valence-electron chi connectivity index (χ4n) is 2.82. The Kier molecular flexibility index (Phi) is 3.38. The number of nitrogens with one attached hydrogen (secondary N) is 1. The molecule has 1 aromatic heterocycles. The number of nitrogens with zero attached hydrogens (tertiary/aromatic N) is 1. The van der Waals surface area contributed by atoms with Gasteiger partial charge in [-0.25, -0.2) is 4.98 Å². The normalized spacial score (nSPS) is 16.1. The molecule has 0 amide bonds. The fraction of sp³-hybridized carbons (Fsp3) is 0.438. The Balaban J connectivity index is 1.87. The van der Waals surface area contributed by atoms with E-state index in [4.69, 9.17) is 5.73 Å². The summed E-state index contributed by atoms with van der Waals surface area (Å²) in [7, 11) is 0. The van der Waals surface area contributed by atoms with Crippen LogP contribution >= 0.6 is 0 Å². The van der Waals surface area contributed by atoms with Crippen LogP contribution in [0.4, 0.5) is 0 Å². The van der Waals surface area contributed by atoms with E-state index in [1.807, 2.05) is 13.1 Å². The van der Waals surface area contributed by atoms with Crippen molar-refractivity contribution in [2.24, 2.45) is 5.73 Å². The molecule has 1 aliphatic carbocycles. The monoisotopic (exact) mass is 255 g/mol. The maximum Gasteiger partial charge on any atom is 0.108 e. The van der Waals surface area contributed by atoms with Gasteiger partial charge < -0.3 is 10.7 Å². The number of aromatic amines is 1. The Hall–Kier alpha value is -1.61. The van der Waals surface area contributed by atoms with Crippen LogP contribution in [0.5, 0.6) is 0 Å². The summed E-state index contributed by atoms with van der Waals surface area (Å²) in [6.07, 6.45) is 7.80. The Bertz CT molecular complexity index is 569. The van der Waals surface area contributed by atoms with Crippen LogP contribution in [0.2, 0.25) is 0 Å². The molecule has 0 saturated heterocycles. The number of fused-ring (bicyclic) bond motifs is 1. The van der Waals surface area contributed by atoms with Gasteiger partial charge in [-0.05, 0) is 55.4 Å². The van der Waals surface area contributed by atoms with Gasteiger partial charge in [0, 0.05) is 12.5 Å². The summed E-state index contributed by atoms with van der Waals surface area (Å²) in [5, 5.41) is 0. The molecule has 3 N–H and O–H groups in total. The van der Waals surface area contributed by atoms with E-state index in [0.29, 0.717) is 0 Å². The predicted molar refractivity (Wildman–Crippen MR) is 78.0 cm³/mol. The molecule has 0 spiro atoms. The number of aromatic nitrogens is 2. The predicted octanol–water partition coefficient (Wildman–Crippen LogP) is 2.85. The molecular weight excluding hydrogens is 234 g/mol. The SMILES string of the molecule is CC(N)Cc1ncc(-c2ccc3c(c2)CCCC3)[nH]1. The molecule has 0 bridgehead atoms. The van der Waals surface area contributed by atoms with E-state index in [9.17, 15) is 0 Å². The molecule has 3 nitrogen and oxygen atoms in total. The third-order valence-electron chi connectivity index (χ3n) is 3.80. The van der Waals surface area contributed by atoms with Gasteiger partial charge in [0.15, 0.2) is 0 Å². The van der Waals surface area contributed by atoms with Crippen LogP contribution in [-0.2, 0) is 19.3 Å². The van der Waals surface area contributed by atoms with E-state index < -0.39 is 0 Å². The van der Waals surface area contributed by atoms with Crippen molar-refractivity contribution in [1.29, 1.82) is 0 Å². The lowest BCUT2D eigenvalue weighted by Crippen LogP contribution is -2.18. The molecule has 3 heteroatoms. The maximum atomic E-state index is 5.80. The summed E-state index contributed by atoms with van der Waals surface area (Å²) in [4.78, 5) is 7.79. The standard InChI is InChI=1S/C16H21N3/c1-11(17)8-16-18-10-15(19-16)14-7-6-12-4-2-3-5-13(12)9-14/h6-7,9-11H,2-5,8,17H2,1H3,(H,18,19). The zero-order chi connectivity index (χ0) is 13.2.